The third-order valence-electron chi connectivity index (χ3n) is 6.13. The fraction of sp³-hybridized carbons (Fsp3) is 0.762. The predicted octanol–water partition coefficient (Wildman–Crippen LogP) is 1.30. The van der Waals surface area contributed by atoms with E-state index in [0.29, 0.717) is 24.8 Å². The number of aryl methyl sites for hydroxylation is 1. The van der Waals surface area contributed by atoms with Gasteiger partial charge in [-0.2, -0.15) is 0 Å². The highest BCUT2D eigenvalue weighted by Crippen LogP contribution is 2.20. The molecule has 0 aromatic carbocycles. The van der Waals surface area contributed by atoms with Gasteiger partial charge >= 0.3 is 0 Å². The Bertz CT molecular complexity index is 684. The van der Waals surface area contributed by atoms with E-state index >= 15 is 0 Å². The molecular weight excluding hydrogens is 370 g/mol. The van der Waals surface area contributed by atoms with Gasteiger partial charge < -0.3 is 25.0 Å². The van der Waals surface area contributed by atoms with Gasteiger partial charge in [-0.25, -0.2) is 0 Å². The lowest BCUT2D eigenvalue weighted by Gasteiger charge is -2.34. The van der Waals surface area contributed by atoms with Crippen molar-refractivity contribution in [3.05, 3.63) is 17.5 Å². The minimum absolute atomic E-state index is 0.0412. The Morgan fingerprint density at radius 1 is 1.21 bits per heavy atom. The van der Waals surface area contributed by atoms with Gasteiger partial charge in [-0.15, -0.1) is 0 Å². The Morgan fingerprint density at radius 3 is 2.66 bits per heavy atom. The summed E-state index contributed by atoms with van der Waals surface area (Å²) in [6, 6.07) is 2.62. The maximum absolute atomic E-state index is 12.7. The van der Waals surface area contributed by atoms with Crippen LogP contribution in [0.25, 0.3) is 0 Å². The van der Waals surface area contributed by atoms with E-state index in [0.717, 1.165) is 51.0 Å². The fourth-order valence-corrected chi connectivity index (χ4v) is 4.29. The fourth-order valence-electron chi connectivity index (χ4n) is 4.29. The average molecular weight is 406 g/mol. The summed E-state index contributed by atoms with van der Waals surface area (Å²) in [6.07, 6.45) is 5.22. The van der Waals surface area contributed by atoms with E-state index in [4.69, 9.17) is 4.52 Å². The van der Waals surface area contributed by atoms with E-state index in [9.17, 15) is 9.59 Å². The molecule has 3 rings (SSSR count). The molecule has 0 bridgehead atoms. The minimum atomic E-state index is -0.292. The zero-order valence-electron chi connectivity index (χ0n) is 17.9. The number of rotatable bonds is 5. The molecule has 2 saturated heterocycles. The van der Waals surface area contributed by atoms with Crippen molar-refractivity contribution in [3.63, 3.8) is 0 Å². The standard InChI is InChI=1S/C21H35N5O3/c1-15-11-19(24-29-15)13-22-21(28)16-5-4-6-18(14-26(3)20(27)12-16)23-17-7-9-25(2)10-8-17/h11,16-18,23H,4-10,12-14H2,1-3H3,(H,22,28). The normalized spacial score (nSPS) is 25.3. The highest BCUT2D eigenvalue weighted by Gasteiger charge is 2.28. The summed E-state index contributed by atoms with van der Waals surface area (Å²) in [6.45, 7) is 5.09. The van der Waals surface area contributed by atoms with Crippen LogP contribution < -0.4 is 10.6 Å². The highest BCUT2D eigenvalue weighted by atomic mass is 16.5. The number of likely N-dealkylation sites (tertiary alicyclic amines) is 1. The lowest BCUT2D eigenvalue weighted by Crippen LogP contribution is -2.49. The molecule has 2 aliphatic heterocycles. The number of nitrogens with one attached hydrogen (secondary N) is 2. The van der Waals surface area contributed by atoms with Crippen molar-refractivity contribution in [2.24, 2.45) is 5.92 Å². The number of likely N-dealkylation sites (N-methyl/N-ethyl adjacent to an activating group) is 1. The zero-order chi connectivity index (χ0) is 20.8. The van der Waals surface area contributed by atoms with Crippen LogP contribution in [0.2, 0.25) is 0 Å². The molecule has 0 radical (unpaired) electrons. The summed E-state index contributed by atoms with van der Waals surface area (Å²) in [5.41, 5.74) is 0.699. The van der Waals surface area contributed by atoms with Crippen molar-refractivity contribution in [1.29, 1.82) is 0 Å². The van der Waals surface area contributed by atoms with E-state index in [1.54, 1.807) is 4.90 Å². The van der Waals surface area contributed by atoms with E-state index in [2.05, 4.69) is 27.7 Å². The summed E-state index contributed by atoms with van der Waals surface area (Å²) in [7, 11) is 4.02. The number of carbonyl (C=O) groups is 2. The van der Waals surface area contributed by atoms with Crippen molar-refractivity contribution in [2.75, 3.05) is 33.7 Å². The highest BCUT2D eigenvalue weighted by molar-refractivity contribution is 5.85. The summed E-state index contributed by atoms with van der Waals surface area (Å²) in [5, 5.41) is 10.6. The third-order valence-corrected chi connectivity index (χ3v) is 6.13. The van der Waals surface area contributed by atoms with E-state index < -0.39 is 0 Å². The molecular formula is C21H35N5O3. The SMILES string of the molecule is Cc1cc(CNC(=O)C2CCCC(NC3CCN(C)CC3)CN(C)C(=O)C2)no1. The first kappa shape index (κ1) is 21.8. The summed E-state index contributed by atoms with van der Waals surface area (Å²) in [5.74, 6) is 0.394. The first-order valence-electron chi connectivity index (χ1n) is 10.8. The second-order valence-electron chi connectivity index (χ2n) is 8.69. The van der Waals surface area contributed by atoms with Gasteiger partial charge in [0.15, 0.2) is 0 Å². The largest absolute Gasteiger partial charge is 0.361 e. The van der Waals surface area contributed by atoms with Gasteiger partial charge in [-0.05, 0) is 52.7 Å². The Morgan fingerprint density at radius 2 is 1.97 bits per heavy atom. The smallest absolute Gasteiger partial charge is 0.223 e. The van der Waals surface area contributed by atoms with Crippen LogP contribution in [0.1, 0.15) is 50.0 Å². The molecule has 2 unspecified atom stereocenters. The second kappa shape index (κ2) is 10.2. The third kappa shape index (κ3) is 6.54. The van der Waals surface area contributed by atoms with Crippen molar-refractivity contribution in [3.8, 4) is 0 Å². The Balaban J connectivity index is 1.52. The molecule has 8 heteroatoms. The zero-order valence-corrected chi connectivity index (χ0v) is 17.9. The number of aromatic nitrogens is 1. The lowest BCUT2D eigenvalue weighted by atomic mass is 9.96. The number of hydrogen-bond donors (Lipinski definition) is 2. The molecule has 0 aliphatic carbocycles. The molecule has 29 heavy (non-hydrogen) atoms. The van der Waals surface area contributed by atoms with Crippen molar-refractivity contribution in [2.45, 2.75) is 64.1 Å². The Kier molecular flexibility index (Phi) is 7.66. The number of nitrogens with zero attached hydrogens (tertiary/aromatic N) is 3. The van der Waals surface area contributed by atoms with Crippen LogP contribution in [-0.4, -0.2) is 72.6 Å². The molecule has 0 saturated carbocycles. The maximum Gasteiger partial charge on any atom is 0.223 e. The molecule has 2 amide bonds. The van der Waals surface area contributed by atoms with Crippen molar-refractivity contribution >= 4 is 11.8 Å². The molecule has 2 atom stereocenters. The minimum Gasteiger partial charge on any atom is -0.361 e. The van der Waals surface area contributed by atoms with Gasteiger partial charge in [0.05, 0.1) is 6.54 Å². The van der Waals surface area contributed by atoms with Crippen LogP contribution in [0.5, 0.6) is 0 Å². The van der Waals surface area contributed by atoms with Crippen LogP contribution in [0.4, 0.5) is 0 Å². The summed E-state index contributed by atoms with van der Waals surface area (Å²) < 4.78 is 5.03. The first-order chi connectivity index (χ1) is 13.9. The quantitative estimate of drug-likeness (QED) is 0.767. The van der Waals surface area contributed by atoms with Crippen LogP contribution in [0.3, 0.4) is 0 Å². The van der Waals surface area contributed by atoms with Gasteiger partial charge in [0.2, 0.25) is 11.8 Å². The van der Waals surface area contributed by atoms with Gasteiger partial charge in [0.25, 0.3) is 0 Å². The average Bonchev–Trinajstić information content (AvgIpc) is 3.13. The summed E-state index contributed by atoms with van der Waals surface area (Å²) in [4.78, 5) is 29.5. The number of carbonyl (C=O) groups excluding carboxylic acids is 2. The van der Waals surface area contributed by atoms with Crippen LogP contribution >= 0.6 is 0 Å². The van der Waals surface area contributed by atoms with Crippen molar-refractivity contribution < 1.29 is 14.1 Å². The van der Waals surface area contributed by atoms with E-state index in [1.165, 1.54) is 0 Å². The number of amides is 2. The predicted molar refractivity (Wildman–Crippen MR) is 110 cm³/mol. The van der Waals surface area contributed by atoms with Gasteiger partial charge in [0, 0.05) is 44.1 Å². The molecule has 1 aromatic heterocycles. The van der Waals surface area contributed by atoms with Crippen LogP contribution in [-0.2, 0) is 16.1 Å². The molecule has 0 spiro atoms. The van der Waals surface area contributed by atoms with E-state index in [-0.39, 0.29) is 30.2 Å². The molecule has 8 nitrogen and oxygen atoms in total. The van der Waals surface area contributed by atoms with Gasteiger partial charge in [0.1, 0.15) is 11.5 Å². The summed E-state index contributed by atoms with van der Waals surface area (Å²) >= 11 is 0. The Labute approximate surface area is 173 Å². The van der Waals surface area contributed by atoms with Crippen molar-refractivity contribution in [1.82, 2.24) is 25.6 Å². The second-order valence-corrected chi connectivity index (χ2v) is 8.69. The van der Waals surface area contributed by atoms with Crippen LogP contribution in [0.15, 0.2) is 10.6 Å². The molecule has 2 N–H and O–H groups in total. The molecule has 2 fully saturated rings. The monoisotopic (exact) mass is 405 g/mol. The number of hydrogen-bond acceptors (Lipinski definition) is 6. The van der Waals surface area contributed by atoms with Crippen LogP contribution in [0, 0.1) is 12.8 Å². The van der Waals surface area contributed by atoms with Gasteiger partial charge in [-0.1, -0.05) is 11.6 Å². The maximum atomic E-state index is 12.7. The molecule has 1 aromatic rings. The molecule has 3 heterocycles. The van der Waals surface area contributed by atoms with Gasteiger partial charge in [-0.3, -0.25) is 9.59 Å². The molecule has 2 aliphatic rings. The molecule has 162 valence electrons. The first-order valence-corrected chi connectivity index (χ1v) is 10.8. The number of piperidine rings is 1. The lowest BCUT2D eigenvalue weighted by molar-refractivity contribution is -0.135. The topological polar surface area (TPSA) is 90.7 Å². The van der Waals surface area contributed by atoms with E-state index in [1.807, 2.05) is 20.0 Å². The Hall–Kier alpha value is -1.93.